The summed E-state index contributed by atoms with van der Waals surface area (Å²) < 4.78 is 1.60. The number of hydrogen-bond donors (Lipinski definition) is 1. The summed E-state index contributed by atoms with van der Waals surface area (Å²) in [4.78, 5) is 28.9. The fourth-order valence-corrected chi connectivity index (χ4v) is 4.38. The van der Waals surface area contributed by atoms with Crippen LogP contribution in [0.15, 0.2) is 34.6 Å². The summed E-state index contributed by atoms with van der Waals surface area (Å²) in [7, 11) is 0. The van der Waals surface area contributed by atoms with Gasteiger partial charge in [-0.2, -0.15) is 0 Å². The predicted molar refractivity (Wildman–Crippen MR) is 108 cm³/mol. The van der Waals surface area contributed by atoms with Crippen molar-refractivity contribution in [3.63, 3.8) is 0 Å². The summed E-state index contributed by atoms with van der Waals surface area (Å²) in [5.74, 6) is -0.177. The number of carbonyl (C=O) groups is 1. The third kappa shape index (κ3) is 4.73. The molecule has 1 amide bonds. The minimum Gasteiger partial charge on any atom is -0.303 e. The maximum atomic E-state index is 12.1. The van der Waals surface area contributed by atoms with Gasteiger partial charge in [0.05, 0.1) is 0 Å². The molecule has 1 aromatic carbocycles. The molecule has 26 heavy (non-hydrogen) atoms. The van der Waals surface area contributed by atoms with E-state index in [2.05, 4.69) is 10.3 Å². The fraction of sp³-hybridized carbons (Fsp3) is 0.235. The van der Waals surface area contributed by atoms with E-state index in [1.165, 1.54) is 11.3 Å². The zero-order valence-electron chi connectivity index (χ0n) is 13.8. The molecule has 0 aliphatic carbocycles. The van der Waals surface area contributed by atoms with Gasteiger partial charge in [0, 0.05) is 51.6 Å². The van der Waals surface area contributed by atoms with Crippen LogP contribution in [-0.4, -0.2) is 15.5 Å². The highest BCUT2D eigenvalue weighted by atomic mass is 35.5. The lowest BCUT2D eigenvalue weighted by Crippen LogP contribution is -2.20. The number of amides is 1. The molecule has 0 saturated carbocycles. The van der Waals surface area contributed by atoms with Gasteiger partial charge >= 0.3 is 4.87 Å². The van der Waals surface area contributed by atoms with E-state index in [4.69, 9.17) is 23.2 Å². The lowest BCUT2D eigenvalue weighted by molar-refractivity contribution is -0.116. The zero-order valence-corrected chi connectivity index (χ0v) is 16.9. The second kappa shape index (κ2) is 8.35. The molecule has 2 aromatic heterocycles. The van der Waals surface area contributed by atoms with E-state index >= 15 is 0 Å². The summed E-state index contributed by atoms with van der Waals surface area (Å²) in [5.41, 5.74) is 1.77. The molecule has 3 rings (SSSR count). The second-order valence-electron chi connectivity index (χ2n) is 5.64. The number of nitrogens with zero attached hydrogens (tertiary/aromatic N) is 2. The van der Waals surface area contributed by atoms with Crippen molar-refractivity contribution in [1.29, 1.82) is 0 Å². The van der Waals surface area contributed by atoms with Gasteiger partial charge in [-0.1, -0.05) is 34.5 Å². The Labute approximate surface area is 168 Å². The molecule has 2 heterocycles. The van der Waals surface area contributed by atoms with Gasteiger partial charge in [-0.15, -0.1) is 11.3 Å². The maximum Gasteiger partial charge on any atom is 0.307 e. The standard InChI is InChI=1S/C17H15Cl2N3O2S2/c1-10-9-25-17(24)22(10)5-4-15(23)21-16-20-8-13(26-16)7-11-6-12(18)2-3-14(11)19/h2-3,6,8-9H,4-5,7H2,1H3,(H,20,21,23). The minimum atomic E-state index is -0.177. The van der Waals surface area contributed by atoms with Crippen molar-refractivity contribution < 1.29 is 4.79 Å². The van der Waals surface area contributed by atoms with Gasteiger partial charge in [0.15, 0.2) is 5.13 Å². The quantitative estimate of drug-likeness (QED) is 0.624. The Bertz CT molecular complexity index is 994. The Hall–Kier alpha value is -1.67. The Balaban J connectivity index is 1.58. The number of aryl methyl sites for hydroxylation is 1. The first-order valence-electron chi connectivity index (χ1n) is 7.76. The molecule has 5 nitrogen and oxygen atoms in total. The van der Waals surface area contributed by atoms with Gasteiger partial charge < -0.3 is 9.88 Å². The van der Waals surface area contributed by atoms with Crippen LogP contribution in [0.25, 0.3) is 0 Å². The maximum absolute atomic E-state index is 12.1. The van der Waals surface area contributed by atoms with Gasteiger partial charge in [0.25, 0.3) is 0 Å². The highest BCUT2D eigenvalue weighted by Gasteiger charge is 2.11. The van der Waals surface area contributed by atoms with Crippen LogP contribution in [0.4, 0.5) is 5.13 Å². The van der Waals surface area contributed by atoms with Gasteiger partial charge in [0.2, 0.25) is 5.91 Å². The number of halogens is 2. The van der Waals surface area contributed by atoms with Crippen LogP contribution in [0, 0.1) is 6.92 Å². The molecule has 3 aromatic rings. The molecule has 0 fully saturated rings. The van der Waals surface area contributed by atoms with E-state index in [9.17, 15) is 9.59 Å². The molecule has 0 saturated heterocycles. The highest BCUT2D eigenvalue weighted by molar-refractivity contribution is 7.15. The number of benzene rings is 1. The van der Waals surface area contributed by atoms with Gasteiger partial charge in [-0.3, -0.25) is 9.59 Å². The summed E-state index contributed by atoms with van der Waals surface area (Å²) in [5, 5.41) is 6.35. The molecule has 0 unspecified atom stereocenters. The van der Waals surface area contributed by atoms with Crippen molar-refractivity contribution in [2.75, 3.05) is 5.32 Å². The molecule has 0 bridgehead atoms. The lowest BCUT2D eigenvalue weighted by atomic mass is 10.1. The molecule has 1 N–H and O–H groups in total. The number of thiazole rings is 2. The predicted octanol–water partition coefficient (Wildman–Crippen LogP) is 4.60. The molecule has 0 aliphatic rings. The van der Waals surface area contributed by atoms with Crippen LogP contribution in [0.3, 0.4) is 0 Å². The topological polar surface area (TPSA) is 64.0 Å². The molecule has 0 atom stereocenters. The van der Waals surface area contributed by atoms with Crippen molar-refractivity contribution in [2.24, 2.45) is 0 Å². The normalized spacial score (nSPS) is 10.9. The average Bonchev–Trinajstić information content (AvgIpc) is 3.16. The lowest BCUT2D eigenvalue weighted by Gasteiger charge is -2.04. The van der Waals surface area contributed by atoms with E-state index in [1.807, 2.05) is 13.0 Å². The largest absolute Gasteiger partial charge is 0.307 e. The summed E-state index contributed by atoms with van der Waals surface area (Å²) >= 11 is 14.7. The summed E-state index contributed by atoms with van der Waals surface area (Å²) in [6.45, 7) is 2.21. The van der Waals surface area contributed by atoms with Crippen LogP contribution in [0.1, 0.15) is 22.6 Å². The zero-order chi connectivity index (χ0) is 18.7. The second-order valence-corrected chi connectivity index (χ2v) is 8.42. The van der Waals surface area contributed by atoms with Crippen molar-refractivity contribution in [1.82, 2.24) is 9.55 Å². The minimum absolute atomic E-state index is 0.0507. The average molecular weight is 428 g/mol. The number of hydrogen-bond acceptors (Lipinski definition) is 5. The van der Waals surface area contributed by atoms with Gasteiger partial charge in [-0.25, -0.2) is 4.98 Å². The Kier molecular flexibility index (Phi) is 6.13. The molecule has 0 spiro atoms. The van der Waals surface area contributed by atoms with Gasteiger partial charge in [-0.05, 0) is 30.7 Å². The number of rotatable bonds is 6. The number of anilines is 1. The van der Waals surface area contributed by atoms with E-state index < -0.39 is 0 Å². The van der Waals surface area contributed by atoms with Gasteiger partial charge in [0.1, 0.15) is 0 Å². The smallest absolute Gasteiger partial charge is 0.303 e. The third-order valence-corrected chi connectivity index (χ3v) is 6.11. The van der Waals surface area contributed by atoms with E-state index in [1.54, 1.807) is 28.3 Å². The highest BCUT2D eigenvalue weighted by Crippen LogP contribution is 2.27. The molecular weight excluding hydrogens is 413 g/mol. The molecule has 0 aliphatic heterocycles. The number of nitrogens with one attached hydrogen (secondary N) is 1. The van der Waals surface area contributed by atoms with Crippen molar-refractivity contribution >= 4 is 56.9 Å². The molecule has 0 radical (unpaired) electrons. The van der Waals surface area contributed by atoms with Crippen molar-refractivity contribution in [2.45, 2.75) is 26.3 Å². The van der Waals surface area contributed by atoms with Crippen LogP contribution < -0.4 is 10.2 Å². The van der Waals surface area contributed by atoms with Crippen LogP contribution in [0.2, 0.25) is 10.0 Å². The molecule has 9 heteroatoms. The molecule has 136 valence electrons. The Morgan fingerprint density at radius 1 is 1.35 bits per heavy atom. The van der Waals surface area contributed by atoms with Crippen LogP contribution >= 0.6 is 45.9 Å². The first-order chi connectivity index (χ1) is 12.4. The monoisotopic (exact) mass is 427 g/mol. The van der Waals surface area contributed by atoms with E-state index in [-0.39, 0.29) is 17.2 Å². The molecular formula is C17H15Cl2N3O2S2. The Morgan fingerprint density at radius 3 is 2.88 bits per heavy atom. The first-order valence-corrected chi connectivity index (χ1v) is 10.2. The SMILES string of the molecule is Cc1csc(=O)n1CCC(=O)Nc1ncc(Cc2cc(Cl)ccc2Cl)s1. The fourth-order valence-electron chi connectivity index (χ4n) is 2.38. The summed E-state index contributed by atoms with van der Waals surface area (Å²) in [6.07, 6.45) is 2.52. The van der Waals surface area contributed by atoms with E-state index in [0.717, 1.165) is 27.5 Å². The van der Waals surface area contributed by atoms with Crippen LogP contribution in [0.5, 0.6) is 0 Å². The van der Waals surface area contributed by atoms with Crippen LogP contribution in [-0.2, 0) is 17.8 Å². The number of aromatic nitrogens is 2. The number of carbonyl (C=O) groups excluding carboxylic acids is 1. The Morgan fingerprint density at radius 2 is 2.15 bits per heavy atom. The van der Waals surface area contributed by atoms with Crippen molar-refractivity contribution in [3.05, 3.63) is 65.6 Å². The summed E-state index contributed by atoms with van der Waals surface area (Å²) in [6, 6.07) is 5.33. The third-order valence-electron chi connectivity index (χ3n) is 3.71. The van der Waals surface area contributed by atoms with Crippen molar-refractivity contribution in [3.8, 4) is 0 Å². The van der Waals surface area contributed by atoms with E-state index in [0.29, 0.717) is 28.1 Å². The first kappa shape index (κ1) is 19.1.